The van der Waals surface area contributed by atoms with E-state index in [1.807, 2.05) is 24.1 Å². The van der Waals surface area contributed by atoms with Crippen LogP contribution in [-0.4, -0.2) is 25.0 Å². The van der Waals surface area contributed by atoms with E-state index in [1.165, 1.54) is 12.1 Å². The van der Waals surface area contributed by atoms with Crippen LogP contribution in [0.25, 0.3) is 0 Å². The molecule has 5 heteroatoms. The van der Waals surface area contributed by atoms with Crippen molar-refractivity contribution in [2.45, 2.75) is 6.54 Å². The van der Waals surface area contributed by atoms with Crippen molar-refractivity contribution in [2.75, 3.05) is 25.0 Å². The normalized spacial score (nSPS) is 15.7. The molecule has 0 unspecified atom stereocenters. The molecule has 3 rings (SSSR count). The lowest BCUT2D eigenvalue weighted by molar-refractivity contribution is 0.343. The Bertz CT molecular complexity index is 655. The van der Waals surface area contributed by atoms with Crippen molar-refractivity contribution >= 4 is 27.3 Å². The summed E-state index contributed by atoms with van der Waals surface area (Å²) in [7, 11) is 2.04. The molecule has 0 fully saturated rings. The van der Waals surface area contributed by atoms with E-state index >= 15 is 0 Å². The molecule has 0 bridgehead atoms. The maximum atomic E-state index is 13.5. The van der Waals surface area contributed by atoms with Crippen LogP contribution in [0.1, 0.15) is 5.56 Å². The molecule has 0 aliphatic carbocycles. The van der Waals surface area contributed by atoms with Crippen molar-refractivity contribution in [3.8, 4) is 0 Å². The molecule has 0 atom stereocenters. The number of nitrogens with zero attached hydrogens (tertiary/aromatic N) is 2. The second-order valence-corrected chi connectivity index (χ2v) is 6.21. The minimum absolute atomic E-state index is 0.548. The number of hydrogen-bond acceptors (Lipinski definition) is 2. The van der Waals surface area contributed by atoms with Gasteiger partial charge in [0.1, 0.15) is 11.6 Å². The Morgan fingerprint density at radius 3 is 2.43 bits per heavy atom. The largest absolute Gasteiger partial charge is 0.340 e. The van der Waals surface area contributed by atoms with E-state index in [0.717, 1.165) is 34.9 Å². The van der Waals surface area contributed by atoms with Crippen molar-refractivity contribution in [1.29, 1.82) is 0 Å². The van der Waals surface area contributed by atoms with Gasteiger partial charge in [-0.15, -0.1) is 0 Å². The molecule has 0 saturated heterocycles. The zero-order valence-corrected chi connectivity index (χ0v) is 13.2. The highest BCUT2D eigenvalue weighted by molar-refractivity contribution is 9.10. The predicted octanol–water partition coefficient (Wildman–Crippen LogP) is 4.31. The van der Waals surface area contributed by atoms with Crippen LogP contribution in [0.4, 0.5) is 20.2 Å². The van der Waals surface area contributed by atoms with Gasteiger partial charge < -0.3 is 9.80 Å². The third-order valence-corrected chi connectivity index (χ3v) is 4.13. The molecule has 21 heavy (non-hydrogen) atoms. The monoisotopic (exact) mass is 352 g/mol. The van der Waals surface area contributed by atoms with Gasteiger partial charge in [0.05, 0.1) is 0 Å². The number of halogens is 3. The van der Waals surface area contributed by atoms with E-state index in [0.29, 0.717) is 12.2 Å². The Hall–Kier alpha value is -1.46. The fourth-order valence-corrected chi connectivity index (χ4v) is 3.08. The summed E-state index contributed by atoms with van der Waals surface area (Å²) >= 11 is 3.48. The van der Waals surface area contributed by atoms with Crippen LogP contribution < -0.4 is 4.90 Å². The summed E-state index contributed by atoms with van der Waals surface area (Å²) in [5.74, 6) is -1.11. The molecule has 0 N–H and O–H groups in total. The Balaban J connectivity index is 2.10. The van der Waals surface area contributed by atoms with Gasteiger partial charge in [0.15, 0.2) is 0 Å². The highest BCUT2D eigenvalue weighted by Crippen LogP contribution is 2.33. The number of benzene rings is 2. The summed E-state index contributed by atoms with van der Waals surface area (Å²) in [6.07, 6.45) is 0. The first kappa shape index (κ1) is 14.5. The lowest BCUT2D eigenvalue weighted by atomic mass is 10.1. The van der Waals surface area contributed by atoms with E-state index in [4.69, 9.17) is 0 Å². The molecule has 2 aromatic rings. The molecule has 1 aliphatic rings. The number of likely N-dealkylation sites (N-methyl/N-ethyl adjacent to an activating group) is 1. The van der Waals surface area contributed by atoms with Crippen LogP contribution in [0.3, 0.4) is 0 Å². The zero-order valence-electron chi connectivity index (χ0n) is 11.6. The van der Waals surface area contributed by atoms with Crippen LogP contribution in [0.2, 0.25) is 0 Å². The lowest BCUT2D eigenvalue weighted by Gasteiger charge is -2.25. The predicted molar refractivity (Wildman–Crippen MR) is 83.8 cm³/mol. The molecule has 2 nitrogen and oxygen atoms in total. The molecule has 0 amide bonds. The van der Waals surface area contributed by atoms with Crippen molar-refractivity contribution < 1.29 is 8.78 Å². The average Bonchev–Trinajstić information content (AvgIpc) is 2.55. The van der Waals surface area contributed by atoms with E-state index < -0.39 is 11.6 Å². The Morgan fingerprint density at radius 1 is 1.00 bits per heavy atom. The zero-order chi connectivity index (χ0) is 15.0. The summed E-state index contributed by atoms with van der Waals surface area (Å²) in [5, 5.41) is 0. The Labute approximate surface area is 131 Å². The van der Waals surface area contributed by atoms with Crippen LogP contribution >= 0.6 is 15.9 Å². The third kappa shape index (κ3) is 3.09. The van der Waals surface area contributed by atoms with Gasteiger partial charge in [-0.3, -0.25) is 0 Å². The third-order valence-electron chi connectivity index (χ3n) is 3.64. The molecule has 1 aliphatic heterocycles. The van der Waals surface area contributed by atoms with E-state index in [2.05, 4.69) is 26.9 Å². The summed E-state index contributed by atoms with van der Waals surface area (Å²) in [6, 6.07) is 9.64. The van der Waals surface area contributed by atoms with Crippen molar-refractivity contribution in [1.82, 2.24) is 4.90 Å². The fraction of sp³-hybridized carbons (Fsp3) is 0.250. The van der Waals surface area contributed by atoms with Gasteiger partial charge in [-0.25, -0.2) is 8.78 Å². The van der Waals surface area contributed by atoms with Gasteiger partial charge in [0.2, 0.25) is 0 Å². The maximum Gasteiger partial charge on any atom is 0.128 e. The van der Waals surface area contributed by atoms with E-state index in [-0.39, 0.29) is 0 Å². The minimum Gasteiger partial charge on any atom is -0.340 e. The SMILES string of the molecule is CN1CCN(c2cc(F)cc(F)c2)c2ccc(Br)cc2C1. The second-order valence-electron chi connectivity index (χ2n) is 5.29. The Morgan fingerprint density at radius 2 is 1.71 bits per heavy atom. The van der Waals surface area contributed by atoms with E-state index in [9.17, 15) is 8.78 Å². The molecule has 0 radical (unpaired) electrons. The first-order chi connectivity index (χ1) is 10.0. The quantitative estimate of drug-likeness (QED) is 0.754. The van der Waals surface area contributed by atoms with Gasteiger partial charge in [-0.1, -0.05) is 15.9 Å². The average molecular weight is 353 g/mol. The van der Waals surface area contributed by atoms with Gasteiger partial charge in [0.25, 0.3) is 0 Å². The van der Waals surface area contributed by atoms with Gasteiger partial charge in [-0.2, -0.15) is 0 Å². The lowest BCUT2D eigenvalue weighted by Crippen LogP contribution is -2.26. The molecule has 0 spiro atoms. The highest BCUT2D eigenvalue weighted by Gasteiger charge is 2.20. The maximum absolute atomic E-state index is 13.5. The summed E-state index contributed by atoms with van der Waals surface area (Å²) in [6.45, 7) is 2.32. The molecular formula is C16H15BrF2N2. The number of anilines is 2. The number of rotatable bonds is 1. The first-order valence-corrected chi connectivity index (χ1v) is 7.53. The van der Waals surface area contributed by atoms with Crippen LogP contribution in [0.5, 0.6) is 0 Å². The summed E-state index contributed by atoms with van der Waals surface area (Å²) in [4.78, 5) is 4.17. The number of fused-ring (bicyclic) bond motifs is 1. The van der Waals surface area contributed by atoms with Crippen LogP contribution in [0.15, 0.2) is 40.9 Å². The number of hydrogen-bond donors (Lipinski definition) is 0. The minimum atomic E-state index is -0.554. The smallest absolute Gasteiger partial charge is 0.128 e. The van der Waals surface area contributed by atoms with Gasteiger partial charge >= 0.3 is 0 Å². The van der Waals surface area contributed by atoms with Gasteiger partial charge in [-0.05, 0) is 42.9 Å². The highest BCUT2D eigenvalue weighted by atomic mass is 79.9. The Kier molecular flexibility index (Phi) is 3.95. The molecule has 2 aromatic carbocycles. The van der Waals surface area contributed by atoms with Crippen LogP contribution in [0, 0.1) is 11.6 Å². The summed E-state index contributed by atoms with van der Waals surface area (Å²) < 4.78 is 28.0. The first-order valence-electron chi connectivity index (χ1n) is 6.73. The molecule has 1 heterocycles. The molecule has 0 aromatic heterocycles. The van der Waals surface area contributed by atoms with Crippen molar-refractivity contribution in [3.05, 3.63) is 58.1 Å². The van der Waals surface area contributed by atoms with Crippen molar-refractivity contribution in [3.63, 3.8) is 0 Å². The summed E-state index contributed by atoms with van der Waals surface area (Å²) in [5.41, 5.74) is 2.67. The second kappa shape index (κ2) is 5.73. The van der Waals surface area contributed by atoms with Crippen LogP contribution in [-0.2, 0) is 6.54 Å². The standard InChI is InChI=1S/C16H15BrF2N2/c1-20-4-5-21(15-8-13(18)7-14(19)9-15)16-3-2-12(17)6-11(16)10-20/h2-3,6-9H,4-5,10H2,1H3. The molecule has 110 valence electrons. The van der Waals surface area contributed by atoms with E-state index in [1.54, 1.807) is 0 Å². The molecule has 0 saturated carbocycles. The van der Waals surface area contributed by atoms with Crippen molar-refractivity contribution in [2.24, 2.45) is 0 Å². The fourth-order valence-electron chi connectivity index (χ4n) is 2.67. The molecular weight excluding hydrogens is 338 g/mol. The topological polar surface area (TPSA) is 6.48 Å². The van der Waals surface area contributed by atoms with Gasteiger partial charge in [0, 0.05) is 41.5 Å².